The minimum Gasteiger partial charge on any atom is -0.450 e. The highest BCUT2D eigenvalue weighted by Gasteiger charge is 2.31. The molecular formula is C25H22F3N3O6. The number of rotatable bonds is 8. The third kappa shape index (κ3) is 7.43. The largest absolute Gasteiger partial charge is 0.450 e. The molecule has 3 rings (SSSR count). The molecule has 2 amide bonds. The monoisotopic (exact) mass is 517 g/mol. The zero-order chi connectivity index (χ0) is 27.0. The van der Waals surface area contributed by atoms with Crippen molar-refractivity contribution in [2.45, 2.75) is 26.3 Å². The average molecular weight is 517 g/mol. The third-order valence-electron chi connectivity index (χ3n) is 5.02. The highest BCUT2D eigenvalue weighted by molar-refractivity contribution is 5.92. The number of nitrogens with one attached hydrogen (secondary N) is 1. The zero-order valence-corrected chi connectivity index (χ0v) is 19.5. The quantitative estimate of drug-likeness (QED) is 0.269. The standard InChI is InChI=1S/C25H22F3N3O6/c1-2-36-23(32)29-21-12-11-20(14-22(21)31(34)35)30(24(33)37-16-17-7-4-3-5-8-17)15-18-9-6-10-19(13-18)25(26,27)28/h3-14H,2,15-16H2,1H3,(H,29,32). The van der Waals surface area contributed by atoms with Gasteiger partial charge in [0.1, 0.15) is 12.3 Å². The van der Waals surface area contributed by atoms with Crippen molar-refractivity contribution in [3.05, 3.63) is 99.6 Å². The second-order valence-corrected chi connectivity index (χ2v) is 7.63. The van der Waals surface area contributed by atoms with Crippen LogP contribution in [0.5, 0.6) is 0 Å². The first kappa shape index (κ1) is 27.0. The van der Waals surface area contributed by atoms with Gasteiger partial charge in [-0.05, 0) is 42.3 Å². The Morgan fingerprint density at radius 3 is 2.32 bits per heavy atom. The van der Waals surface area contributed by atoms with Crippen LogP contribution in [-0.4, -0.2) is 23.7 Å². The maximum Gasteiger partial charge on any atom is 0.416 e. The molecule has 0 fully saturated rings. The van der Waals surface area contributed by atoms with Gasteiger partial charge in [0.2, 0.25) is 0 Å². The van der Waals surface area contributed by atoms with Crippen LogP contribution >= 0.6 is 0 Å². The van der Waals surface area contributed by atoms with E-state index < -0.39 is 34.5 Å². The Hall–Kier alpha value is -4.61. The van der Waals surface area contributed by atoms with E-state index in [9.17, 15) is 32.9 Å². The number of nitrogens with zero attached hydrogens (tertiary/aromatic N) is 2. The number of amides is 2. The van der Waals surface area contributed by atoms with Crippen LogP contribution in [0.3, 0.4) is 0 Å². The fourth-order valence-electron chi connectivity index (χ4n) is 3.31. The Balaban J connectivity index is 1.96. The third-order valence-corrected chi connectivity index (χ3v) is 5.02. The molecule has 0 heterocycles. The van der Waals surface area contributed by atoms with Crippen LogP contribution in [0.4, 0.5) is 39.8 Å². The van der Waals surface area contributed by atoms with Gasteiger partial charge >= 0.3 is 18.4 Å². The average Bonchev–Trinajstić information content (AvgIpc) is 2.86. The van der Waals surface area contributed by atoms with E-state index in [-0.39, 0.29) is 36.7 Å². The van der Waals surface area contributed by atoms with Crippen LogP contribution in [0, 0.1) is 10.1 Å². The number of anilines is 2. The van der Waals surface area contributed by atoms with E-state index in [1.807, 2.05) is 0 Å². The molecule has 0 bridgehead atoms. The van der Waals surface area contributed by atoms with Gasteiger partial charge in [0.15, 0.2) is 0 Å². The van der Waals surface area contributed by atoms with Crippen molar-refractivity contribution < 1.29 is 37.2 Å². The molecule has 1 N–H and O–H groups in total. The Labute approximate surface area is 209 Å². The molecule has 0 aliphatic rings. The maximum atomic E-state index is 13.2. The van der Waals surface area contributed by atoms with Crippen molar-refractivity contribution >= 4 is 29.2 Å². The van der Waals surface area contributed by atoms with Gasteiger partial charge in [-0.2, -0.15) is 13.2 Å². The first-order chi connectivity index (χ1) is 17.6. The molecule has 9 nitrogen and oxygen atoms in total. The molecule has 0 aliphatic heterocycles. The van der Waals surface area contributed by atoms with Crippen molar-refractivity contribution in [1.29, 1.82) is 0 Å². The first-order valence-electron chi connectivity index (χ1n) is 10.9. The molecule has 37 heavy (non-hydrogen) atoms. The summed E-state index contributed by atoms with van der Waals surface area (Å²) in [5.74, 6) is 0. The SMILES string of the molecule is CCOC(=O)Nc1ccc(N(Cc2cccc(C(F)(F)F)c2)C(=O)OCc2ccccc2)cc1[N+](=O)[O-]. The summed E-state index contributed by atoms with van der Waals surface area (Å²) in [6.07, 6.45) is -6.46. The number of hydrogen-bond donors (Lipinski definition) is 1. The van der Waals surface area contributed by atoms with Gasteiger partial charge in [-0.3, -0.25) is 20.3 Å². The molecule has 0 saturated carbocycles. The topological polar surface area (TPSA) is 111 Å². The van der Waals surface area contributed by atoms with Crippen LogP contribution < -0.4 is 10.2 Å². The van der Waals surface area contributed by atoms with E-state index >= 15 is 0 Å². The van der Waals surface area contributed by atoms with E-state index in [0.717, 1.165) is 23.1 Å². The molecular weight excluding hydrogens is 495 g/mol. The normalized spacial score (nSPS) is 10.9. The zero-order valence-electron chi connectivity index (χ0n) is 19.5. The molecule has 3 aromatic carbocycles. The van der Waals surface area contributed by atoms with Crippen molar-refractivity contribution in [3.8, 4) is 0 Å². The van der Waals surface area contributed by atoms with Gasteiger partial charge in [0.05, 0.1) is 29.3 Å². The first-order valence-corrected chi connectivity index (χ1v) is 10.9. The van der Waals surface area contributed by atoms with Crippen molar-refractivity contribution in [3.63, 3.8) is 0 Å². The predicted molar refractivity (Wildman–Crippen MR) is 128 cm³/mol. The Bertz CT molecular complexity index is 1270. The van der Waals surface area contributed by atoms with Crippen molar-refractivity contribution in [2.75, 3.05) is 16.8 Å². The minimum atomic E-state index is -4.60. The number of halogens is 3. The lowest BCUT2D eigenvalue weighted by Gasteiger charge is -2.23. The molecule has 0 radical (unpaired) electrons. The summed E-state index contributed by atoms with van der Waals surface area (Å²) in [5, 5.41) is 13.9. The highest BCUT2D eigenvalue weighted by Crippen LogP contribution is 2.33. The lowest BCUT2D eigenvalue weighted by atomic mass is 10.1. The number of nitro benzene ring substituents is 1. The highest BCUT2D eigenvalue weighted by atomic mass is 19.4. The molecule has 0 aromatic heterocycles. The fraction of sp³-hybridized carbons (Fsp3) is 0.200. The number of nitro groups is 1. The molecule has 194 valence electrons. The summed E-state index contributed by atoms with van der Waals surface area (Å²) >= 11 is 0. The van der Waals surface area contributed by atoms with E-state index in [4.69, 9.17) is 9.47 Å². The number of ether oxygens (including phenoxy) is 2. The van der Waals surface area contributed by atoms with E-state index in [0.29, 0.717) is 5.56 Å². The van der Waals surface area contributed by atoms with Crippen LogP contribution in [0.1, 0.15) is 23.6 Å². The van der Waals surface area contributed by atoms with Crippen LogP contribution in [0.15, 0.2) is 72.8 Å². The molecule has 0 unspecified atom stereocenters. The Morgan fingerprint density at radius 1 is 0.973 bits per heavy atom. The molecule has 0 aliphatic carbocycles. The lowest BCUT2D eigenvalue weighted by molar-refractivity contribution is -0.383. The summed E-state index contributed by atoms with van der Waals surface area (Å²) in [4.78, 5) is 36.7. The van der Waals surface area contributed by atoms with Crippen LogP contribution in [-0.2, 0) is 28.8 Å². The second-order valence-electron chi connectivity index (χ2n) is 7.63. The Kier molecular flexibility index (Phi) is 8.67. The lowest BCUT2D eigenvalue weighted by Crippen LogP contribution is -2.31. The molecule has 3 aromatic rings. The summed E-state index contributed by atoms with van der Waals surface area (Å²) < 4.78 is 49.7. The second kappa shape index (κ2) is 11.9. The van der Waals surface area contributed by atoms with Gasteiger partial charge in [-0.15, -0.1) is 0 Å². The van der Waals surface area contributed by atoms with E-state index in [1.54, 1.807) is 37.3 Å². The van der Waals surface area contributed by atoms with E-state index in [1.165, 1.54) is 24.3 Å². The maximum absolute atomic E-state index is 13.2. The van der Waals surface area contributed by atoms with Gasteiger partial charge in [0.25, 0.3) is 5.69 Å². The van der Waals surface area contributed by atoms with E-state index in [2.05, 4.69) is 5.32 Å². The van der Waals surface area contributed by atoms with Gasteiger partial charge in [-0.1, -0.05) is 42.5 Å². The molecule has 0 saturated heterocycles. The number of alkyl halides is 3. The predicted octanol–water partition coefficient (Wildman–Crippen LogP) is 6.53. The summed E-state index contributed by atoms with van der Waals surface area (Å²) in [6, 6.07) is 16.5. The molecule has 0 atom stereocenters. The van der Waals surface area contributed by atoms with Crippen LogP contribution in [0.2, 0.25) is 0 Å². The number of hydrogen-bond acceptors (Lipinski definition) is 6. The molecule has 0 spiro atoms. The van der Waals surface area contributed by atoms with Crippen molar-refractivity contribution in [1.82, 2.24) is 0 Å². The summed E-state index contributed by atoms with van der Waals surface area (Å²) in [6.45, 7) is 1.09. The Morgan fingerprint density at radius 2 is 1.68 bits per heavy atom. The van der Waals surface area contributed by atoms with Gasteiger partial charge < -0.3 is 9.47 Å². The van der Waals surface area contributed by atoms with Gasteiger partial charge in [-0.25, -0.2) is 9.59 Å². The smallest absolute Gasteiger partial charge is 0.416 e. The fourth-order valence-corrected chi connectivity index (χ4v) is 3.31. The summed E-state index contributed by atoms with van der Waals surface area (Å²) in [7, 11) is 0. The number of carbonyl (C=O) groups excluding carboxylic acids is 2. The summed E-state index contributed by atoms with van der Waals surface area (Å²) in [5.41, 5.74) is -0.920. The molecule has 12 heteroatoms. The number of carbonyl (C=O) groups is 2. The number of benzene rings is 3. The van der Waals surface area contributed by atoms with Gasteiger partial charge in [0, 0.05) is 6.07 Å². The van der Waals surface area contributed by atoms with Crippen LogP contribution in [0.25, 0.3) is 0 Å². The van der Waals surface area contributed by atoms with Crippen molar-refractivity contribution in [2.24, 2.45) is 0 Å². The minimum absolute atomic E-state index is 0.0309.